The summed E-state index contributed by atoms with van der Waals surface area (Å²) in [6, 6.07) is 97.4. The number of hydrogen-bond acceptors (Lipinski definition) is 2. The van der Waals surface area contributed by atoms with E-state index >= 15 is 0 Å². The third kappa shape index (κ3) is 6.52. The largest absolute Gasteiger partial charge is 0.310 e. The average molecular weight is 948 g/mol. The number of benzene rings is 11. The highest BCUT2D eigenvalue weighted by Gasteiger charge is 2.62. The van der Waals surface area contributed by atoms with Crippen molar-refractivity contribution in [1.29, 1.82) is 0 Å². The molecular weight excluding hydrogens is 895 g/mol. The summed E-state index contributed by atoms with van der Waals surface area (Å²) in [5.74, 6) is 0.928. The number of para-hydroxylation sites is 4. The van der Waals surface area contributed by atoms with Crippen LogP contribution in [0.3, 0.4) is 0 Å². The Kier molecular flexibility index (Phi) is 9.88. The highest BCUT2D eigenvalue weighted by atomic mass is 15.2. The van der Waals surface area contributed by atoms with Crippen LogP contribution < -0.4 is 9.80 Å². The summed E-state index contributed by atoms with van der Waals surface area (Å²) < 4.78 is 2.45. The highest BCUT2D eigenvalue weighted by molar-refractivity contribution is 6.10. The molecule has 1 aromatic heterocycles. The van der Waals surface area contributed by atoms with Crippen molar-refractivity contribution in [2.24, 2.45) is 11.8 Å². The summed E-state index contributed by atoms with van der Waals surface area (Å²) in [5.41, 5.74) is 21.4. The van der Waals surface area contributed by atoms with Crippen molar-refractivity contribution in [1.82, 2.24) is 4.57 Å². The number of fused-ring (bicyclic) bond motifs is 6. The number of anilines is 6. The third-order valence-electron chi connectivity index (χ3n) is 17.0. The van der Waals surface area contributed by atoms with Gasteiger partial charge in [-0.15, -0.1) is 0 Å². The quantitative estimate of drug-likeness (QED) is 0.143. The fourth-order valence-corrected chi connectivity index (χ4v) is 14.1. The lowest BCUT2D eigenvalue weighted by atomic mass is 9.68. The van der Waals surface area contributed by atoms with Gasteiger partial charge in [0.25, 0.3) is 0 Å². The number of aromatic nitrogens is 1. The van der Waals surface area contributed by atoms with Crippen LogP contribution in [0.5, 0.6) is 0 Å². The summed E-state index contributed by atoms with van der Waals surface area (Å²) >= 11 is 0. The predicted molar refractivity (Wildman–Crippen MR) is 309 cm³/mol. The van der Waals surface area contributed by atoms with Crippen LogP contribution in [0.2, 0.25) is 0 Å². The van der Waals surface area contributed by atoms with Gasteiger partial charge in [-0.2, -0.15) is 0 Å². The standard InChI is InChI=1S/C71H53N3/c1-5-19-48(20-6-1)49-35-37-50(38-36-49)63-45-51-21-13-14-22-52(51)46-67(63)74(59-29-11-4-12-30-59)66-34-18-24-54-44-56-40-39-55-43-53-23-17-33-65(69(53)71(55,56)70(54)66)72(57-25-7-2-8-26-57)60-41-42-62-61-31-15-16-32-64(61)73(68(62)47-60)58-27-9-3-10-28-58/h1-38,41-42,45-47,55-56H,39-40,43-44H2. The minimum Gasteiger partial charge on any atom is -0.310 e. The van der Waals surface area contributed by atoms with E-state index in [-0.39, 0.29) is 5.41 Å². The summed E-state index contributed by atoms with van der Waals surface area (Å²) in [4.78, 5) is 5.22. The molecule has 74 heavy (non-hydrogen) atoms. The summed E-state index contributed by atoms with van der Waals surface area (Å²) in [7, 11) is 0. The number of nitrogens with zero attached hydrogens (tertiary/aromatic N) is 3. The van der Waals surface area contributed by atoms with Gasteiger partial charge in [0.15, 0.2) is 0 Å². The van der Waals surface area contributed by atoms with Gasteiger partial charge >= 0.3 is 0 Å². The first-order valence-electron chi connectivity index (χ1n) is 26.4. The molecule has 1 heterocycles. The van der Waals surface area contributed by atoms with Crippen LogP contribution >= 0.6 is 0 Å². The second-order valence-corrected chi connectivity index (χ2v) is 20.8. The van der Waals surface area contributed by atoms with Crippen molar-refractivity contribution >= 4 is 66.7 Å². The first-order valence-corrected chi connectivity index (χ1v) is 26.4. The molecule has 3 aliphatic rings. The van der Waals surface area contributed by atoms with Gasteiger partial charge in [0.2, 0.25) is 0 Å². The Morgan fingerprint density at radius 3 is 1.53 bits per heavy atom. The summed E-state index contributed by atoms with van der Waals surface area (Å²) in [6.45, 7) is 0. The number of rotatable bonds is 9. The smallest absolute Gasteiger partial charge is 0.0561 e. The van der Waals surface area contributed by atoms with E-state index in [1.54, 1.807) is 0 Å². The molecule has 3 atom stereocenters. The van der Waals surface area contributed by atoms with E-state index < -0.39 is 0 Å². The zero-order valence-electron chi connectivity index (χ0n) is 41.2. The highest BCUT2D eigenvalue weighted by Crippen LogP contribution is 2.69. The first-order chi connectivity index (χ1) is 36.7. The van der Waals surface area contributed by atoms with Crippen LogP contribution in [0.4, 0.5) is 34.1 Å². The van der Waals surface area contributed by atoms with Gasteiger partial charge in [0.05, 0.1) is 28.1 Å². The Bertz CT molecular complexity index is 4080. The molecule has 0 N–H and O–H groups in total. The second-order valence-electron chi connectivity index (χ2n) is 20.8. The van der Waals surface area contributed by atoms with Crippen LogP contribution in [0.15, 0.2) is 261 Å². The molecule has 3 unspecified atom stereocenters. The lowest BCUT2D eigenvalue weighted by molar-refractivity contribution is 0.350. The van der Waals surface area contributed by atoms with Gasteiger partial charge < -0.3 is 14.4 Å². The lowest BCUT2D eigenvalue weighted by Gasteiger charge is -2.40. The molecule has 3 nitrogen and oxygen atoms in total. The number of hydrogen-bond donors (Lipinski definition) is 0. The van der Waals surface area contributed by atoms with Gasteiger partial charge in [-0.05, 0) is 166 Å². The Balaban J connectivity index is 0.964. The summed E-state index contributed by atoms with van der Waals surface area (Å²) in [5, 5.41) is 4.98. The van der Waals surface area contributed by atoms with Gasteiger partial charge in [0.1, 0.15) is 0 Å². The van der Waals surface area contributed by atoms with E-state index in [4.69, 9.17) is 0 Å². The van der Waals surface area contributed by atoms with Crippen LogP contribution in [0.1, 0.15) is 35.1 Å². The van der Waals surface area contributed by atoms with E-state index in [1.807, 2.05) is 0 Å². The van der Waals surface area contributed by atoms with Gasteiger partial charge in [-0.1, -0.05) is 182 Å². The molecule has 1 fully saturated rings. The first kappa shape index (κ1) is 42.7. The van der Waals surface area contributed by atoms with Crippen molar-refractivity contribution in [3.8, 4) is 27.9 Å². The molecule has 11 aromatic carbocycles. The van der Waals surface area contributed by atoms with Crippen LogP contribution in [-0.4, -0.2) is 4.57 Å². The molecule has 0 bridgehead atoms. The molecule has 3 heteroatoms. The van der Waals surface area contributed by atoms with Crippen molar-refractivity contribution in [2.45, 2.75) is 31.1 Å². The Morgan fingerprint density at radius 1 is 0.351 bits per heavy atom. The molecule has 0 amide bonds. The van der Waals surface area contributed by atoms with E-state index in [9.17, 15) is 0 Å². The molecule has 15 rings (SSSR count). The van der Waals surface area contributed by atoms with E-state index in [0.717, 1.165) is 35.6 Å². The van der Waals surface area contributed by atoms with E-state index in [2.05, 4.69) is 275 Å². The molecule has 0 radical (unpaired) electrons. The van der Waals surface area contributed by atoms with Gasteiger partial charge in [-0.25, -0.2) is 0 Å². The Labute approximate surface area is 432 Å². The predicted octanol–water partition coefficient (Wildman–Crippen LogP) is 18.6. The van der Waals surface area contributed by atoms with Crippen molar-refractivity contribution < 1.29 is 0 Å². The van der Waals surface area contributed by atoms with Crippen molar-refractivity contribution in [3.63, 3.8) is 0 Å². The molecule has 0 aliphatic heterocycles. The molecule has 1 spiro atoms. The molecule has 1 saturated carbocycles. The molecule has 352 valence electrons. The SMILES string of the molecule is c1ccc(-c2ccc(-c3cc4ccccc4cc3N(c3ccccc3)c3cccc4c3C35c6c(cccc6N(c6ccccc6)c6ccc7c8ccccc8n(-c8ccccc8)c7c6)CC3CCC5C4)cc2)cc1. The molecule has 12 aromatic rings. The second kappa shape index (κ2) is 17.1. The Hall–Kier alpha value is -8.92. The minimum absolute atomic E-state index is 0.213. The molecule has 0 saturated heterocycles. The lowest BCUT2D eigenvalue weighted by Crippen LogP contribution is -2.34. The average Bonchev–Trinajstić information content (AvgIpc) is 4.20. The third-order valence-corrected chi connectivity index (χ3v) is 17.0. The fraction of sp³-hybridized carbons (Fsp3) is 0.0986. The molecular formula is C71H53N3. The van der Waals surface area contributed by atoms with Crippen molar-refractivity contribution in [3.05, 3.63) is 283 Å². The Morgan fingerprint density at radius 2 is 0.865 bits per heavy atom. The zero-order chi connectivity index (χ0) is 48.7. The van der Waals surface area contributed by atoms with Crippen LogP contribution in [-0.2, 0) is 18.3 Å². The van der Waals surface area contributed by atoms with Gasteiger partial charge in [0, 0.05) is 44.5 Å². The van der Waals surface area contributed by atoms with E-state index in [1.165, 1.54) is 107 Å². The normalized spacial score (nSPS) is 17.3. The van der Waals surface area contributed by atoms with Crippen LogP contribution in [0, 0.1) is 11.8 Å². The van der Waals surface area contributed by atoms with Crippen LogP contribution in [0.25, 0.3) is 60.5 Å². The zero-order valence-corrected chi connectivity index (χ0v) is 41.2. The maximum Gasteiger partial charge on any atom is 0.0561 e. The maximum absolute atomic E-state index is 2.63. The summed E-state index contributed by atoms with van der Waals surface area (Å²) in [6.07, 6.45) is 4.55. The maximum atomic E-state index is 2.63. The van der Waals surface area contributed by atoms with Gasteiger partial charge in [-0.3, -0.25) is 0 Å². The monoisotopic (exact) mass is 947 g/mol. The fourth-order valence-electron chi connectivity index (χ4n) is 14.1. The topological polar surface area (TPSA) is 11.4 Å². The minimum atomic E-state index is -0.213. The molecule has 3 aliphatic carbocycles. The van der Waals surface area contributed by atoms with E-state index in [0.29, 0.717) is 11.8 Å². The van der Waals surface area contributed by atoms with Crippen molar-refractivity contribution in [2.75, 3.05) is 9.80 Å².